The number of nitrogens with one attached hydrogen (secondary N) is 1. The molecule has 2 amide bonds. The lowest BCUT2D eigenvalue weighted by molar-refractivity contribution is -0.147. The number of hydrogen-bond donors (Lipinski definition) is 1. The minimum Gasteiger partial charge on any atom is -0.352 e. The van der Waals surface area contributed by atoms with Crippen molar-refractivity contribution in [1.29, 1.82) is 0 Å². The van der Waals surface area contributed by atoms with Crippen LogP contribution in [0.2, 0.25) is 0 Å². The summed E-state index contributed by atoms with van der Waals surface area (Å²) in [6.45, 7) is 6.60. The molecule has 16 heavy (non-hydrogen) atoms. The molecule has 0 unspecified atom stereocenters. The lowest BCUT2D eigenvalue weighted by atomic mass is 9.98. The van der Waals surface area contributed by atoms with Crippen LogP contribution in [-0.4, -0.2) is 47.4 Å². The lowest BCUT2D eigenvalue weighted by Crippen LogP contribution is -2.63. The quantitative estimate of drug-likeness (QED) is 0.796. The third-order valence-corrected chi connectivity index (χ3v) is 3.69. The van der Waals surface area contributed by atoms with Crippen LogP contribution in [0.5, 0.6) is 0 Å². The highest BCUT2D eigenvalue weighted by molar-refractivity contribution is 7.98. The van der Waals surface area contributed by atoms with Crippen molar-refractivity contribution in [3.63, 3.8) is 0 Å². The summed E-state index contributed by atoms with van der Waals surface area (Å²) in [5.41, 5.74) is -0.280. The summed E-state index contributed by atoms with van der Waals surface area (Å²) in [5.74, 6) is 0.783. The second kappa shape index (κ2) is 5.08. The summed E-state index contributed by atoms with van der Waals surface area (Å²) in [4.78, 5) is 25.2. The molecule has 0 aromatic carbocycles. The van der Waals surface area contributed by atoms with Crippen molar-refractivity contribution in [2.75, 3.05) is 25.1 Å². The number of piperazine rings is 1. The second-order valence-electron chi connectivity index (χ2n) is 4.87. The Labute approximate surface area is 101 Å². The van der Waals surface area contributed by atoms with Gasteiger partial charge in [-0.05, 0) is 20.1 Å². The Morgan fingerprint density at radius 1 is 1.62 bits per heavy atom. The first-order chi connectivity index (χ1) is 7.38. The smallest absolute Gasteiger partial charge is 0.239 e. The van der Waals surface area contributed by atoms with Gasteiger partial charge >= 0.3 is 0 Å². The molecule has 1 fully saturated rings. The molecule has 0 aromatic heterocycles. The summed E-state index contributed by atoms with van der Waals surface area (Å²) >= 11 is 1.65. The van der Waals surface area contributed by atoms with Gasteiger partial charge in [-0.15, -0.1) is 0 Å². The largest absolute Gasteiger partial charge is 0.352 e. The zero-order valence-corrected chi connectivity index (χ0v) is 11.2. The lowest BCUT2D eigenvalue weighted by Gasteiger charge is -2.43. The first-order valence-corrected chi connectivity index (χ1v) is 6.85. The number of amides is 2. The van der Waals surface area contributed by atoms with E-state index in [1.165, 1.54) is 0 Å². The van der Waals surface area contributed by atoms with E-state index in [4.69, 9.17) is 0 Å². The number of thioether (sulfide) groups is 1. The first kappa shape index (κ1) is 13.4. The fourth-order valence-electron chi connectivity index (χ4n) is 1.79. The fraction of sp³-hybridized carbons (Fsp3) is 0.818. The molecule has 0 spiro atoms. The third-order valence-electron chi connectivity index (χ3n) is 2.85. The van der Waals surface area contributed by atoms with E-state index in [1.807, 2.05) is 27.0 Å². The van der Waals surface area contributed by atoms with Gasteiger partial charge in [0.2, 0.25) is 11.8 Å². The maximum absolute atomic E-state index is 12.2. The Morgan fingerprint density at radius 3 is 2.81 bits per heavy atom. The Hall–Kier alpha value is -0.710. The van der Waals surface area contributed by atoms with Gasteiger partial charge in [0.15, 0.2) is 0 Å². The maximum atomic E-state index is 12.2. The maximum Gasteiger partial charge on any atom is 0.239 e. The van der Waals surface area contributed by atoms with Gasteiger partial charge in [0.25, 0.3) is 0 Å². The molecule has 5 heteroatoms. The standard InChI is InChI=1S/C11H20N2O2S/c1-8(6-16-4)10(15)13-5-9(14)12-7-11(13,2)3/h8H,5-7H2,1-4H3,(H,12,14)/t8-/m1/s1. The highest BCUT2D eigenvalue weighted by Gasteiger charge is 2.37. The van der Waals surface area contributed by atoms with Crippen molar-refractivity contribution in [2.45, 2.75) is 26.3 Å². The number of carbonyl (C=O) groups is 2. The summed E-state index contributed by atoms with van der Waals surface area (Å²) in [6, 6.07) is 0. The number of nitrogens with zero attached hydrogens (tertiary/aromatic N) is 1. The number of carbonyl (C=O) groups excluding carboxylic acids is 2. The van der Waals surface area contributed by atoms with Crippen LogP contribution in [0.4, 0.5) is 0 Å². The minimum atomic E-state index is -0.280. The third kappa shape index (κ3) is 2.90. The van der Waals surface area contributed by atoms with E-state index in [2.05, 4.69) is 5.32 Å². The first-order valence-electron chi connectivity index (χ1n) is 5.45. The van der Waals surface area contributed by atoms with Crippen molar-refractivity contribution >= 4 is 23.6 Å². The zero-order chi connectivity index (χ0) is 12.3. The molecule has 0 bridgehead atoms. The zero-order valence-electron chi connectivity index (χ0n) is 10.4. The molecule has 0 saturated carbocycles. The molecule has 1 atom stereocenters. The fourth-order valence-corrected chi connectivity index (χ4v) is 2.43. The topological polar surface area (TPSA) is 49.4 Å². The number of hydrogen-bond acceptors (Lipinski definition) is 3. The van der Waals surface area contributed by atoms with E-state index in [9.17, 15) is 9.59 Å². The molecule has 1 heterocycles. The van der Waals surface area contributed by atoms with Crippen LogP contribution in [0.1, 0.15) is 20.8 Å². The normalized spacial score (nSPS) is 21.5. The summed E-state index contributed by atoms with van der Waals surface area (Å²) < 4.78 is 0. The van der Waals surface area contributed by atoms with Crippen LogP contribution < -0.4 is 5.32 Å². The molecule has 0 aliphatic carbocycles. The van der Waals surface area contributed by atoms with Crippen molar-refractivity contribution in [3.05, 3.63) is 0 Å². The monoisotopic (exact) mass is 244 g/mol. The predicted octanol–water partition coefficient (Wildman–Crippen LogP) is 0.722. The van der Waals surface area contributed by atoms with Crippen molar-refractivity contribution in [2.24, 2.45) is 5.92 Å². The van der Waals surface area contributed by atoms with Crippen molar-refractivity contribution in [3.8, 4) is 0 Å². The van der Waals surface area contributed by atoms with E-state index in [0.717, 1.165) is 5.75 Å². The SMILES string of the molecule is CSC[C@@H](C)C(=O)N1CC(=O)NCC1(C)C. The van der Waals surface area contributed by atoms with E-state index in [-0.39, 0.29) is 29.8 Å². The van der Waals surface area contributed by atoms with Gasteiger partial charge in [-0.1, -0.05) is 6.92 Å². The highest BCUT2D eigenvalue weighted by atomic mass is 32.2. The molecule has 1 saturated heterocycles. The van der Waals surface area contributed by atoms with E-state index < -0.39 is 0 Å². The van der Waals surface area contributed by atoms with E-state index >= 15 is 0 Å². The molecule has 0 radical (unpaired) electrons. The molecule has 4 nitrogen and oxygen atoms in total. The number of rotatable bonds is 3. The molecule has 1 rings (SSSR count). The molecular formula is C11H20N2O2S. The van der Waals surface area contributed by atoms with E-state index in [0.29, 0.717) is 6.54 Å². The van der Waals surface area contributed by atoms with Crippen LogP contribution in [0.3, 0.4) is 0 Å². The van der Waals surface area contributed by atoms with Crippen LogP contribution in [-0.2, 0) is 9.59 Å². The van der Waals surface area contributed by atoms with Crippen molar-refractivity contribution in [1.82, 2.24) is 10.2 Å². The Bertz CT molecular complexity index is 292. The van der Waals surface area contributed by atoms with Crippen LogP contribution in [0.25, 0.3) is 0 Å². The Kier molecular flexibility index (Phi) is 4.24. The molecule has 1 aliphatic rings. The van der Waals surface area contributed by atoms with Gasteiger partial charge in [-0.2, -0.15) is 11.8 Å². The highest BCUT2D eigenvalue weighted by Crippen LogP contribution is 2.20. The van der Waals surface area contributed by atoms with Gasteiger partial charge in [-0.25, -0.2) is 0 Å². The second-order valence-corrected chi connectivity index (χ2v) is 5.78. The summed E-state index contributed by atoms with van der Waals surface area (Å²) in [6.07, 6.45) is 1.98. The summed E-state index contributed by atoms with van der Waals surface area (Å²) in [7, 11) is 0. The summed E-state index contributed by atoms with van der Waals surface area (Å²) in [5, 5.41) is 2.79. The van der Waals surface area contributed by atoms with Gasteiger partial charge in [0.05, 0.1) is 5.54 Å². The molecule has 0 aromatic rings. The van der Waals surface area contributed by atoms with Gasteiger partial charge < -0.3 is 10.2 Å². The van der Waals surface area contributed by atoms with Crippen molar-refractivity contribution < 1.29 is 9.59 Å². The molecule has 1 N–H and O–H groups in total. The van der Waals surface area contributed by atoms with Crippen LogP contribution in [0, 0.1) is 5.92 Å². The predicted molar refractivity (Wildman–Crippen MR) is 66.3 cm³/mol. The van der Waals surface area contributed by atoms with E-state index in [1.54, 1.807) is 16.7 Å². The van der Waals surface area contributed by atoms with Crippen LogP contribution >= 0.6 is 11.8 Å². The molecule has 92 valence electrons. The van der Waals surface area contributed by atoms with Gasteiger partial charge in [-0.3, -0.25) is 9.59 Å². The Morgan fingerprint density at radius 2 is 2.25 bits per heavy atom. The molecular weight excluding hydrogens is 224 g/mol. The Balaban J connectivity index is 2.75. The average Bonchev–Trinajstić information content (AvgIpc) is 2.21. The van der Waals surface area contributed by atoms with Crippen LogP contribution in [0.15, 0.2) is 0 Å². The average molecular weight is 244 g/mol. The minimum absolute atomic E-state index is 0.0276. The van der Waals surface area contributed by atoms with Gasteiger partial charge in [0.1, 0.15) is 6.54 Å². The molecule has 1 aliphatic heterocycles. The van der Waals surface area contributed by atoms with Gasteiger partial charge in [0, 0.05) is 18.2 Å².